The Kier molecular flexibility index (Phi) is 5.27. The molecule has 0 radical (unpaired) electrons. The lowest BCUT2D eigenvalue weighted by molar-refractivity contribution is 0.0769. The first kappa shape index (κ1) is 14.6. The number of thiocarbonyl (C=S) groups is 1. The summed E-state index contributed by atoms with van der Waals surface area (Å²) in [6, 6.07) is 1.82. The molecule has 5 nitrogen and oxygen atoms in total. The van der Waals surface area contributed by atoms with Gasteiger partial charge in [0.15, 0.2) is 0 Å². The number of nitrogens with zero attached hydrogens (tertiary/aromatic N) is 3. The first-order chi connectivity index (χ1) is 8.49. The minimum absolute atomic E-state index is 0.0700. The third kappa shape index (κ3) is 3.53. The Labute approximate surface area is 113 Å². The minimum Gasteiger partial charge on any atom is -0.392 e. The van der Waals surface area contributed by atoms with Crippen LogP contribution >= 0.6 is 12.2 Å². The van der Waals surface area contributed by atoms with Gasteiger partial charge >= 0.3 is 0 Å². The molecule has 0 aliphatic heterocycles. The molecule has 1 amide bonds. The van der Waals surface area contributed by atoms with Gasteiger partial charge in [-0.3, -0.25) is 9.48 Å². The van der Waals surface area contributed by atoms with Crippen LogP contribution in [0.5, 0.6) is 0 Å². The normalized spacial score (nSPS) is 10.4. The van der Waals surface area contributed by atoms with E-state index in [1.165, 1.54) is 0 Å². The molecule has 0 unspecified atom stereocenters. The number of amides is 1. The van der Waals surface area contributed by atoms with Gasteiger partial charge in [-0.05, 0) is 18.9 Å². The standard InChI is InChI=1S/C12H20N4OS/c1-4-6-16(8-11(13)18)12(17)10-7-9(5-2)14-15(10)3/h7H,4-6,8H2,1-3H3,(H2,13,18). The second-order valence-corrected chi connectivity index (χ2v) is 4.72. The summed E-state index contributed by atoms with van der Waals surface area (Å²) < 4.78 is 1.61. The summed E-state index contributed by atoms with van der Waals surface area (Å²) in [5, 5.41) is 4.28. The molecule has 18 heavy (non-hydrogen) atoms. The molecule has 0 aliphatic rings. The smallest absolute Gasteiger partial charge is 0.272 e. The van der Waals surface area contributed by atoms with Crippen LogP contribution in [0, 0.1) is 0 Å². The molecule has 1 heterocycles. The van der Waals surface area contributed by atoms with E-state index in [0.29, 0.717) is 23.8 Å². The van der Waals surface area contributed by atoms with E-state index in [1.54, 1.807) is 16.6 Å². The van der Waals surface area contributed by atoms with Gasteiger partial charge < -0.3 is 10.6 Å². The Balaban J connectivity index is 2.93. The first-order valence-corrected chi connectivity index (χ1v) is 6.50. The van der Waals surface area contributed by atoms with E-state index >= 15 is 0 Å². The van der Waals surface area contributed by atoms with Crippen LogP contribution in [0.4, 0.5) is 0 Å². The van der Waals surface area contributed by atoms with Crippen LogP contribution < -0.4 is 5.73 Å². The molecule has 0 bridgehead atoms. The fourth-order valence-corrected chi connectivity index (χ4v) is 1.93. The number of aryl methyl sites for hydroxylation is 2. The lowest BCUT2D eigenvalue weighted by Gasteiger charge is -2.21. The number of carbonyl (C=O) groups excluding carboxylic acids is 1. The molecule has 0 spiro atoms. The quantitative estimate of drug-likeness (QED) is 0.785. The second-order valence-electron chi connectivity index (χ2n) is 4.19. The SMILES string of the molecule is CCCN(CC(N)=S)C(=O)c1cc(CC)nn1C. The van der Waals surface area contributed by atoms with Gasteiger partial charge in [-0.15, -0.1) is 0 Å². The summed E-state index contributed by atoms with van der Waals surface area (Å²) in [6.45, 7) is 4.98. The van der Waals surface area contributed by atoms with Crippen molar-refractivity contribution in [3.05, 3.63) is 17.5 Å². The Bertz CT molecular complexity index is 441. The maximum absolute atomic E-state index is 12.4. The zero-order chi connectivity index (χ0) is 13.7. The number of hydrogen-bond donors (Lipinski definition) is 1. The largest absolute Gasteiger partial charge is 0.392 e. The van der Waals surface area contributed by atoms with Crippen LogP contribution in [0.1, 0.15) is 36.5 Å². The molecule has 0 saturated heterocycles. The van der Waals surface area contributed by atoms with E-state index < -0.39 is 0 Å². The molecule has 0 fully saturated rings. The third-order valence-electron chi connectivity index (χ3n) is 2.64. The van der Waals surface area contributed by atoms with Crippen molar-refractivity contribution in [1.29, 1.82) is 0 Å². The van der Waals surface area contributed by atoms with Crippen molar-refractivity contribution >= 4 is 23.1 Å². The molecule has 0 aliphatic carbocycles. The maximum Gasteiger partial charge on any atom is 0.272 e. The summed E-state index contributed by atoms with van der Waals surface area (Å²) in [5.41, 5.74) is 7.01. The van der Waals surface area contributed by atoms with Crippen LogP contribution in [0.25, 0.3) is 0 Å². The number of nitrogens with two attached hydrogens (primary N) is 1. The Morgan fingerprint density at radius 1 is 1.56 bits per heavy atom. The molecule has 0 aromatic carbocycles. The summed E-state index contributed by atoms with van der Waals surface area (Å²) in [7, 11) is 1.78. The van der Waals surface area contributed by atoms with Gasteiger partial charge in [-0.1, -0.05) is 26.1 Å². The Morgan fingerprint density at radius 2 is 2.22 bits per heavy atom. The van der Waals surface area contributed by atoms with E-state index in [0.717, 1.165) is 18.5 Å². The maximum atomic E-state index is 12.4. The van der Waals surface area contributed by atoms with Crippen LogP contribution in [0.2, 0.25) is 0 Å². The summed E-state index contributed by atoms with van der Waals surface area (Å²) >= 11 is 4.88. The van der Waals surface area contributed by atoms with E-state index in [1.807, 2.05) is 19.9 Å². The lowest BCUT2D eigenvalue weighted by Crippen LogP contribution is -2.39. The monoisotopic (exact) mass is 268 g/mol. The van der Waals surface area contributed by atoms with Crippen LogP contribution in [0.15, 0.2) is 6.07 Å². The fraction of sp³-hybridized carbons (Fsp3) is 0.583. The highest BCUT2D eigenvalue weighted by Gasteiger charge is 2.19. The second kappa shape index (κ2) is 6.49. The van der Waals surface area contributed by atoms with Gasteiger partial charge in [0.25, 0.3) is 5.91 Å². The molecule has 1 aromatic heterocycles. The molecule has 1 aromatic rings. The van der Waals surface area contributed by atoms with Gasteiger partial charge in [-0.2, -0.15) is 5.10 Å². The average molecular weight is 268 g/mol. The highest BCUT2D eigenvalue weighted by molar-refractivity contribution is 7.80. The topological polar surface area (TPSA) is 64.2 Å². The zero-order valence-corrected chi connectivity index (χ0v) is 12.0. The molecular weight excluding hydrogens is 248 g/mol. The van der Waals surface area contributed by atoms with Crippen molar-refractivity contribution in [2.75, 3.05) is 13.1 Å². The van der Waals surface area contributed by atoms with Crippen molar-refractivity contribution in [1.82, 2.24) is 14.7 Å². The van der Waals surface area contributed by atoms with Crippen molar-refractivity contribution in [3.8, 4) is 0 Å². The summed E-state index contributed by atoms with van der Waals surface area (Å²) in [5.74, 6) is -0.0700. The number of hydrogen-bond acceptors (Lipinski definition) is 3. The summed E-state index contributed by atoms with van der Waals surface area (Å²) in [4.78, 5) is 14.4. The summed E-state index contributed by atoms with van der Waals surface area (Å²) in [6.07, 6.45) is 1.68. The predicted octanol–water partition coefficient (Wildman–Crippen LogP) is 1.12. The Morgan fingerprint density at radius 3 is 2.67 bits per heavy atom. The Hall–Kier alpha value is -1.43. The minimum atomic E-state index is -0.0700. The molecule has 2 N–H and O–H groups in total. The van der Waals surface area contributed by atoms with Gasteiger partial charge in [0.05, 0.1) is 17.2 Å². The molecule has 0 saturated carbocycles. The first-order valence-electron chi connectivity index (χ1n) is 6.10. The predicted molar refractivity (Wildman–Crippen MR) is 75.6 cm³/mol. The van der Waals surface area contributed by atoms with Crippen LogP contribution in [0.3, 0.4) is 0 Å². The average Bonchev–Trinajstić information content (AvgIpc) is 2.68. The van der Waals surface area contributed by atoms with Crippen molar-refractivity contribution in [2.24, 2.45) is 12.8 Å². The molecule has 0 atom stereocenters. The van der Waals surface area contributed by atoms with Gasteiger partial charge in [0.2, 0.25) is 0 Å². The zero-order valence-electron chi connectivity index (χ0n) is 11.1. The van der Waals surface area contributed by atoms with E-state index in [4.69, 9.17) is 18.0 Å². The van der Waals surface area contributed by atoms with Crippen molar-refractivity contribution in [3.63, 3.8) is 0 Å². The molecule has 100 valence electrons. The van der Waals surface area contributed by atoms with Gasteiger partial charge in [0.1, 0.15) is 5.69 Å². The van der Waals surface area contributed by atoms with Gasteiger partial charge in [-0.25, -0.2) is 0 Å². The fourth-order valence-electron chi connectivity index (χ4n) is 1.77. The molecule has 6 heteroatoms. The third-order valence-corrected chi connectivity index (χ3v) is 2.77. The van der Waals surface area contributed by atoms with E-state index in [9.17, 15) is 4.79 Å². The molecular formula is C12H20N4OS. The number of carbonyl (C=O) groups is 1. The highest BCUT2D eigenvalue weighted by atomic mass is 32.1. The lowest BCUT2D eigenvalue weighted by atomic mass is 10.2. The van der Waals surface area contributed by atoms with E-state index in [-0.39, 0.29) is 5.91 Å². The van der Waals surface area contributed by atoms with Crippen molar-refractivity contribution in [2.45, 2.75) is 26.7 Å². The number of aromatic nitrogens is 2. The van der Waals surface area contributed by atoms with E-state index in [2.05, 4.69) is 5.10 Å². The molecule has 1 rings (SSSR count). The van der Waals surface area contributed by atoms with Crippen molar-refractivity contribution < 1.29 is 4.79 Å². The van der Waals surface area contributed by atoms with Crippen LogP contribution in [-0.2, 0) is 13.5 Å². The van der Waals surface area contributed by atoms with Gasteiger partial charge in [0, 0.05) is 13.6 Å². The number of rotatable bonds is 6. The van der Waals surface area contributed by atoms with Crippen LogP contribution in [-0.4, -0.2) is 38.7 Å². The highest BCUT2D eigenvalue weighted by Crippen LogP contribution is 2.08.